The molecule has 0 aromatic heterocycles. The van der Waals surface area contributed by atoms with Crippen LogP contribution in [0.3, 0.4) is 0 Å². The van der Waals surface area contributed by atoms with Crippen molar-refractivity contribution < 1.29 is 23.1 Å². The predicted octanol–water partition coefficient (Wildman–Crippen LogP) is 5.81. The van der Waals surface area contributed by atoms with E-state index in [0.717, 1.165) is 30.5 Å². The van der Waals surface area contributed by atoms with Crippen molar-refractivity contribution in [3.05, 3.63) is 65.2 Å². The molecule has 1 aliphatic heterocycles. The summed E-state index contributed by atoms with van der Waals surface area (Å²) in [5.74, 6) is -0.320. The van der Waals surface area contributed by atoms with Crippen LogP contribution in [0.2, 0.25) is 0 Å². The Hall–Kier alpha value is -2.54. The summed E-state index contributed by atoms with van der Waals surface area (Å²) in [6.07, 6.45) is -1.16. The van der Waals surface area contributed by atoms with Gasteiger partial charge in [0.15, 0.2) is 0 Å². The molecule has 0 spiro atoms. The number of hydrogen-bond donors (Lipinski definition) is 3. The summed E-state index contributed by atoms with van der Waals surface area (Å²) < 4.78 is 39.1. The van der Waals surface area contributed by atoms with Crippen LogP contribution in [-0.4, -0.2) is 17.1 Å². The second-order valence-corrected chi connectivity index (χ2v) is 8.64. The summed E-state index contributed by atoms with van der Waals surface area (Å²) in [5, 5.41) is 11.7. The first-order valence-electron chi connectivity index (χ1n) is 10.6. The highest BCUT2D eigenvalue weighted by atomic mass is 19.4. The monoisotopic (exact) mass is 434 g/mol. The first kappa shape index (κ1) is 23.1. The summed E-state index contributed by atoms with van der Waals surface area (Å²) in [4.78, 5) is 10.0. The molecule has 2 aliphatic rings. The Kier molecular flexibility index (Phi) is 6.94. The Labute approximate surface area is 180 Å². The molecule has 1 saturated carbocycles. The Bertz CT molecular complexity index is 899. The highest BCUT2D eigenvalue weighted by Crippen LogP contribution is 2.53. The number of nitrogens with two attached hydrogens (primary N) is 1. The van der Waals surface area contributed by atoms with Gasteiger partial charge in [0.05, 0.1) is 11.6 Å². The van der Waals surface area contributed by atoms with Crippen LogP contribution in [-0.2, 0) is 11.0 Å². The van der Waals surface area contributed by atoms with Crippen molar-refractivity contribution in [3.8, 4) is 0 Å². The van der Waals surface area contributed by atoms with Gasteiger partial charge in [0.25, 0.3) is 0 Å². The van der Waals surface area contributed by atoms with E-state index in [1.54, 1.807) is 19.9 Å². The summed E-state index contributed by atoms with van der Waals surface area (Å²) >= 11 is 0. The number of aliphatic carboxylic acids is 1. The molecular formula is C24H29F3N2O2. The number of rotatable bonds is 3. The van der Waals surface area contributed by atoms with E-state index in [1.165, 1.54) is 17.7 Å². The zero-order chi connectivity index (χ0) is 22.8. The third-order valence-electron chi connectivity index (χ3n) is 6.25. The van der Waals surface area contributed by atoms with Crippen LogP contribution in [0.1, 0.15) is 61.8 Å². The van der Waals surface area contributed by atoms with Crippen LogP contribution in [0.4, 0.5) is 18.9 Å². The first-order chi connectivity index (χ1) is 14.6. The molecule has 168 valence electrons. The van der Waals surface area contributed by atoms with Crippen LogP contribution in [0.25, 0.3) is 0 Å². The molecule has 4 rings (SSSR count). The van der Waals surface area contributed by atoms with E-state index in [0.29, 0.717) is 5.92 Å². The lowest BCUT2D eigenvalue weighted by atomic mass is 9.77. The van der Waals surface area contributed by atoms with Crippen LogP contribution < -0.4 is 11.1 Å². The molecule has 1 heterocycles. The maximum Gasteiger partial charge on any atom is 0.416 e. The zero-order valence-electron chi connectivity index (χ0n) is 17.7. The van der Waals surface area contributed by atoms with Gasteiger partial charge >= 0.3 is 12.1 Å². The quantitative estimate of drug-likeness (QED) is 0.570. The minimum atomic E-state index is -4.28. The van der Waals surface area contributed by atoms with Crippen LogP contribution in [0.5, 0.6) is 0 Å². The number of carbonyl (C=O) groups is 1. The second kappa shape index (κ2) is 9.30. The number of benzene rings is 2. The average Bonchev–Trinajstić information content (AvgIpc) is 3.22. The van der Waals surface area contributed by atoms with Crippen LogP contribution >= 0.6 is 0 Å². The largest absolute Gasteiger partial charge is 0.480 e. The molecule has 0 bridgehead atoms. The summed E-state index contributed by atoms with van der Waals surface area (Å²) in [7, 11) is 0. The van der Waals surface area contributed by atoms with Gasteiger partial charge in [0.2, 0.25) is 0 Å². The number of nitrogens with one attached hydrogen (secondary N) is 1. The van der Waals surface area contributed by atoms with Gasteiger partial charge in [-0.25, -0.2) is 0 Å². The lowest BCUT2D eigenvalue weighted by molar-refractivity contribution is -0.139. The molecule has 4 nitrogen and oxygen atoms in total. The number of fused-ring (bicyclic) bond motifs is 3. The van der Waals surface area contributed by atoms with E-state index in [4.69, 9.17) is 10.8 Å². The third kappa shape index (κ3) is 5.21. The van der Waals surface area contributed by atoms with Gasteiger partial charge in [-0.1, -0.05) is 50.6 Å². The standard InChI is InChI=1S/C19H18F3N.C5H11NO2/c20-19(21,22)13-9-10-17-16(11-13)14-7-4-8-15(14)18(23-17)12-5-2-1-3-6-12;1-3(2)4(6)5(7)8/h1-3,5-6,9-11,14-15,18,23H,4,7-8H2;3-4H,6H2,1-2H3,(H,7,8)/t14?,15?,18-;/m0./s1. The van der Waals surface area contributed by atoms with Crippen molar-refractivity contribution in [2.75, 3.05) is 5.32 Å². The molecule has 1 aliphatic carbocycles. The summed E-state index contributed by atoms with van der Waals surface area (Å²) in [5.41, 5.74) is 7.54. The predicted molar refractivity (Wildman–Crippen MR) is 115 cm³/mol. The lowest BCUT2D eigenvalue weighted by Gasteiger charge is -2.38. The van der Waals surface area contributed by atoms with Gasteiger partial charge < -0.3 is 16.2 Å². The lowest BCUT2D eigenvalue weighted by Crippen LogP contribution is -2.34. The molecule has 2 aromatic rings. The van der Waals surface area contributed by atoms with E-state index in [1.807, 2.05) is 18.2 Å². The second-order valence-electron chi connectivity index (χ2n) is 8.64. The van der Waals surface area contributed by atoms with E-state index < -0.39 is 23.8 Å². The molecular weight excluding hydrogens is 405 g/mol. The van der Waals surface area contributed by atoms with Crippen molar-refractivity contribution in [3.63, 3.8) is 0 Å². The SMILES string of the molecule is CC(C)C(N)C(=O)O.FC(F)(F)c1ccc2c(c1)C1CCCC1[C@H](c1ccccc1)N2. The maximum absolute atomic E-state index is 13.0. The molecule has 1 fully saturated rings. The normalized spacial score (nSPS) is 23.1. The Morgan fingerprint density at radius 2 is 1.81 bits per heavy atom. The topological polar surface area (TPSA) is 75.4 Å². The highest BCUT2D eigenvalue weighted by molar-refractivity contribution is 5.73. The van der Waals surface area contributed by atoms with Gasteiger partial charge in [0.1, 0.15) is 6.04 Å². The minimum Gasteiger partial charge on any atom is -0.480 e. The van der Waals surface area contributed by atoms with E-state index in [9.17, 15) is 18.0 Å². The molecule has 2 aromatic carbocycles. The van der Waals surface area contributed by atoms with Crippen LogP contribution in [0, 0.1) is 11.8 Å². The fourth-order valence-corrected chi connectivity index (χ4v) is 4.50. The molecule has 0 amide bonds. The molecule has 0 radical (unpaired) electrons. The van der Waals surface area contributed by atoms with Gasteiger partial charge in [-0.3, -0.25) is 4.79 Å². The first-order valence-corrected chi connectivity index (χ1v) is 10.6. The average molecular weight is 435 g/mol. The smallest absolute Gasteiger partial charge is 0.416 e. The number of carboxylic acids is 1. The fourth-order valence-electron chi connectivity index (χ4n) is 4.50. The maximum atomic E-state index is 13.0. The van der Waals surface area contributed by atoms with Gasteiger partial charge in [-0.15, -0.1) is 0 Å². The zero-order valence-corrected chi connectivity index (χ0v) is 17.7. The van der Waals surface area contributed by atoms with Gasteiger partial charge in [-0.05, 0) is 59.9 Å². The Balaban J connectivity index is 0.000000293. The highest BCUT2D eigenvalue weighted by Gasteiger charge is 2.41. The van der Waals surface area contributed by atoms with Crippen molar-refractivity contribution in [1.82, 2.24) is 0 Å². The van der Waals surface area contributed by atoms with Crippen molar-refractivity contribution >= 4 is 11.7 Å². The number of alkyl halides is 3. The summed E-state index contributed by atoms with van der Waals surface area (Å²) in [6.45, 7) is 3.55. The van der Waals surface area contributed by atoms with Crippen molar-refractivity contribution in [2.24, 2.45) is 17.6 Å². The molecule has 0 saturated heterocycles. The van der Waals surface area contributed by atoms with Crippen LogP contribution in [0.15, 0.2) is 48.5 Å². The van der Waals surface area contributed by atoms with Crippen molar-refractivity contribution in [1.29, 1.82) is 0 Å². The van der Waals surface area contributed by atoms with E-state index in [-0.39, 0.29) is 17.9 Å². The van der Waals surface area contributed by atoms with Gasteiger partial charge in [-0.2, -0.15) is 13.2 Å². The fraction of sp³-hybridized carbons (Fsp3) is 0.458. The van der Waals surface area contributed by atoms with E-state index in [2.05, 4.69) is 17.4 Å². The number of carboxylic acid groups (broad SMARTS) is 1. The number of anilines is 1. The molecule has 4 N–H and O–H groups in total. The minimum absolute atomic E-state index is 0.0208. The molecule has 31 heavy (non-hydrogen) atoms. The third-order valence-corrected chi connectivity index (χ3v) is 6.25. The molecule has 4 atom stereocenters. The molecule has 3 unspecified atom stereocenters. The summed E-state index contributed by atoms with van der Waals surface area (Å²) in [6, 6.07) is 13.8. The number of halogens is 3. The molecule has 7 heteroatoms. The van der Waals surface area contributed by atoms with E-state index >= 15 is 0 Å². The Morgan fingerprint density at radius 1 is 1.13 bits per heavy atom. The van der Waals surface area contributed by atoms with Gasteiger partial charge in [0, 0.05) is 5.69 Å². The number of hydrogen-bond acceptors (Lipinski definition) is 3. The van der Waals surface area contributed by atoms with Crippen molar-refractivity contribution in [2.45, 2.75) is 57.3 Å². The Morgan fingerprint density at radius 3 is 2.35 bits per heavy atom.